The van der Waals surface area contributed by atoms with E-state index in [0.29, 0.717) is 49.4 Å². The summed E-state index contributed by atoms with van der Waals surface area (Å²) in [5.41, 5.74) is 3.75. The lowest BCUT2D eigenvalue weighted by atomic mass is 9.96. The van der Waals surface area contributed by atoms with E-state index in [2.05, 4.69) is 72.5 Å². The van der Waals surface area contributed by atoms with Gasteiger partial charge in [-0.25, -0.2) is 9.78 Å². The maximum atomic E-state index is 13.3. The molecule has 0 aliphatic carbocycles. The minimum absolute atomic E-state index is 0.0388. The van der Waals surface area contributed by atoms with Crippen molar-refractivity contribution in [2.75, 3.05) is 19.6 Å². The predicted octanol–water partition coefficient (Wildman–Crippen LogP) is 5.19. The second kappa shape index (κ2) is 13.1. The molecular weight excluding hydrogens is 528 g/mol. The topological polar surface area (TPSA) is 112 Å². The number of ether oxygens (including phenoxy) is 1. The lowest BCUT2D eigenvalue weighted by Crippen LogP contribution is -2.37. The average Bonchev–Trinajstić information content (AvgIpc) is 3.54. The number of benzene rings is 2. The molecule has 0 radical (unpaired) electrons. The number of nitriles is 1. The highest BCUT2D eigenvalue weighted by Gasteiger charge is 2.22. The minimum atomic E-state index is -0.244. The Hall–Kier alpha value is -4.32. The van der Waals surface area contributed by atoms with Crippen molar-refractivity contribution < 1.29 is 14.3 Å². The number of aromatic nitrogens is 2. The van der Waals surface area contributed by atoms with Gasteiger partial charge in [0.15, 0.2) is 0 Å². The Morgan fingerprint density at radius 1 is 1.19 bits per heavy atom. The van der Waals surface area contributed by atoms with Crippen LogP contribution in [0.5, 0.6) is 5.75 Å². The standard InChI is InChI=1S/C33H42N6O3/c1-22(2)42-29-14-13-25(19-26(29)20-34)30(40)36-27(8-7-16-39-17-15-35-32(39)41)18-23-9-11-24(12-10-23)28-21-38(6)31(37-28)33(3,4)5/h9-14,19,21-22,27H,7-8,15-18H2,1-6H3,(H,35,41)(H,36,40)/t27-/m1/s1. The molecule has 1 atom stereocenters. The molecule has 9 heteroatoms. The van der Waals surface area contributed by atoms with Crippen LogP contribution < -0.4 is 15.4 Å². The number of carbonyl (C=O) groups is 2. The molecule has 0 spiro atoms. The summed E-state index contributed by atoms with van der Waals surface area (Å²) in [6.07, 6.45) is 4.06. The van der Waals surface area contributed by atoms with Crippen LogP contribution in [0.4, 0.5) is 4.79 Å². The minimum Gasteiger partial charge on any atom is -0.490 e. The Bertz CT molecular complexity index is 1450. The first kappa shape index (κ1) is 30.6. The summed E-state index contributed by atoms with van der Waals surface area (Å²) < 4.78 is 7.79. The zero-order chi connectivity index (χ0) is 30.4. The Kier molecular flexibility index (Phi) is 9.56. The number of nitrogens with zero attached hydrogens (tertiary/aromatic N) is 4. The van der Waals surface area contributed by atoms with Crippen molar-refractivity contribution in [3.63, 3.8) is 0 Å². The van der Waals surface area contributed by atoms with Gasteiger partial charge in [0.1, 0.15) is 17.6 Å². The molecule has 1 fully saturated rings. The number of urea groups is 1. The molecule has 0 bridgehead atoms. The van der Waals surface area contributed by atoms with Gasteiger partial charge in [0.05, 0.1) is 17.4 Å². The Labute approximate surface area is 248 Å². The Balaban J connectivity index is 1.49. The zero-order valence-electron chi connectivity index (χ0n) is 25.5. The lowest BCUT2D eigenvalue weighted by Gasteiger charge is -2.21. The van der Waals surface area contributed by atoms with Gasteiger partial charge >= 0.3 is 6.03 Å². The van der Waals surface area contributed by atoms with E-state index in [9.17, 15) is 14.9 Å². The third kappa shape index (κ3) is 7.69. The predicted molar refractivity (Wildman–Crippen MR) is 163 cm³/mol. The largest absolute Gasteiger partial charge is 0.490 e. The van der Waals surface area contributed by atoms with E-state index < -0.39 is 0 Å². The average molecular weight is 571 g/mol. The van der Waals surface area contributed by atoms with Crippen molar-refractivity contribution in [3.8, 4) is 23.1 Å². The lowest BCUT2D eigenvalue weighted by molar-refractivity contribution is 0.0933. The highest BCUT2D eigenvalue weighted by atomic mass is 16.5. The van der Waals surface area contributed by atoms with Crippen molar-refractivity contribution in [1.82, 2.24) is 25.1 Å². The molecule has 1 aliphatic rings. The Morgan fingerprint density at radius 2 is 1.93 bits per heavy atom. The fourth-order valence-electron chi connectivity index (χ4n) is 5.26. The molecule has 1 aromatic heterocycles. The molecule has 2 N–H and O–H groups in total. The Morgan fingerprint density at radius 3 is 2.52 bits per heavy atom. The normalized spacial score (nSPS) is 14.0. The number of carbonyl (C=O) groups excluding carboxylic acids is 2. The van der Waals surface area contributed by atoms with Gasteiger partial charge in [0.25, 0.3) is 5.91 Å². The number of hydrogen-bond donors (Lipinski definition) is 2. The van der Waals surface area contributed by atoms with E-state index in [1.165, 1.54) is 0 Å². The van der Waals surface area contributed by atoms with Gasteiger partial charge in [-0.1, -0.05) is 45.0 Å². The summed E-state index contributed by atoms with van der Waals surface area (Å²) in [5.74, 6) is 1.25. The molecule has 1 saturated heterocycles. The summed E-state index contributed by atoms with van der Waals surface area (Å²) in [6, 6.07) is 15.2. The monoisotopic (exact) mass is 570 g/mol. The van der Waals surface area contributed by atoms with Crippen LogP contribution in [-0.2, 0) is 18.9 Å². The molecule has 222 valence electrons. The molecule has 2 heterocycles. The zero-order valence-corrected chi connectivity index (χ0v) is 25.5. The van der Waals surface area contributed by atoms with Crippen LogP contribution in [0.25, 0.3) is 11.3 Å². The van der Waals surface area contributed by atoms with Crippen LogP contribution in [-0.4, -0.2) is 58.2 Å². The van der Waals surface area contributed by atoms with Crippen molar-refractivity contribution in [1.29, 1.82) is 5.26 Å². The fourth-order valence-corrected chi connectivity index (χ4v) is 5.26. The van der Waals surface area contributed by atoms with Gasteiger partial charge in [-0.2, -0.15) is 5.26 Å². The van der Waals surface area contributed by atoms with Gasteiger partial charge in [0, 0.05) is 55.5 Å². The van der Waals surface area contributed by atoms with Gasteiger partial charge in [0.2, 0.25) is 0 Å². The molecule has 4 rings (SSSR count). The molecular formula is C33H42N6O3. The van der Waals surface area contributed by atoms with E-state index >= 15 is 0 Å². The summed E-state index contributed by atoms with van der Waals surface area (Å²) >= 11 is 0. The third-order valence-electron chi connectivity index (χ3n) is 7.26. The number of hydrogen-bond acceptors (Lipinski definition) is 5. The van der Waals surface area contributed by atoms with Crippen LogP contribution in [0, 0.1) is 11.3 Å². The molecule has 3 aromatic rings. The van der Waals surface area contributed by atoms with Crippen LogP contribution in [0.15, 0.2) is 48.7 Å². The van der Waals surface area contributed by atoms with Crippen LogP contribution in [0.3, 0.4) is 0 Å². The van der Waals surface area contributed by atoms with E-state index in [4.69, 9.17) is 9.72 Å². The van der Waals surface area contributed by atoms with E-state index in [1.807, 2.05) is 20.9 Å². The maximum Gasteiger partial charge on any atom is 0.317 e. The molecule has 0 unspecified atom stereocenters. The summed E-state index contributed by atoms with van der Waals surface area (Å²) in [4.78, 5) is 32.0. The summed E-state index contributed by atoms with van der Waals surface area (Å²) in [5, 5.41) is 15.6. The second-order valence-corrected chi connectivity index (χ2v) is 12.2. The van der Waals surface area contributed by atoms with E-state index in [1.54, 1.807) is 23.1 Å². The van der Waals surface area contributed by atoms with Gasteiger partial charge in [-0.3, -0.25) is 4.79 Å². The summed E-state index contributed by atoms with van der Waals surface area (Å²) in [7, 11) is 2.02. The molecule has 42 heavy (non-hydrogen) atoms. The number of nitrogens with one attached hydrogen (secondary N) is 2. The van der Waals surface area contributed by atoms with Gasteiger partial charge in [-0.15, -0.1) is 0 Å². The highest BCUT2D eigenvalue weighted by Crippen LogP contribution is 2.26. The number of imidazole rings is 1. The van der Waals surface area contributed by atoms with Gasteiger partial charge in [-0.05, 0) is 56.9 Å². The van der Waals surface area contributed by atoms with Crippen molar-refractivity contribution in [2.45, 2.75) is 71.4 Å². The molecule has 3 amide bonds. The fraction of sp³-hybridized carbons (Fsp3) is 0.455. The maximum absolute atomic E-state index is 13.3. The molecule has 0 saturated carbocycles. The van der Waals surface area contributed by atoms with E-state index in [0.717, 1.165) is 29.1 Å². The number of amides is 3. The SMILES string of the molecule is CC(C)Oc1ccc(C(=O)N[C@H](CCCN2CCNC2=O)Cc2ccc(-c3cn(C)c(C(C)(C)C)n3)cc2)cc1C#N. The quantitative estimate of drug-likeness (QED) is 0.330. The van der Waals surface area contributed by atoms with Gasteiger partial charge < -0.3 is 24.8 Å². The van der Waals surface area contributed by atoms with E-state index in [-0.39, 0.29) is 29.5 Å². The first-order chi connectivity index (χ1) is 19.9. The second-order valence-electron chi connectivity index (χ2n) is 12.2. The summed E-state index contributed by atoms with van der Waals surface area (Å²) in [6.45, 7) is 12.2. The molecule has 1 aliphatic heterocycles. The third-order valence-corrected chi connectivity index (χ3v) is 7.26. The molecule has 9 nitrogen and oxygen atoms in total. The molecule has 2 aromatic carbocycles. The van der Waals surface area contributed by atoms with Crippen molar-refractivity contribution >= 4 is 11.9 Å². The first-order valence-corrected chi connectivity index (χ1v) is 14.6. The number of aryl methyl sites for hydroxylation is 1. The van der Waals surface area contributed by atoms with Crippen LogP contribution in [0.1, 0.15) is 74.8 Å². The van der Waals surface area contributed by atoms with Crippen LogP contribution >= 0.6 is 0 Å². The smallest absolute Gasteiger partial charge is 0.317 e. The first-order valence-electron chi connectivity index (χ1n) is 14.6. The van der Waals surface area contributed by atoms with Crippen LogP contribution in [0.2, 0.25) is 0 Å². The van der Waals surface area contributed by atoms with Crippen molar-refractivity contribution in [3.05, 3.63) is 71.2 Å². The number of rotatable bonds is 11. The van der Waals surface area contributed by atoms with Crippen molar-refractivity contribution in [2.24, 2.45) is 7.05 Å². The highest BCUT2D eigenvalue weighted by molar-refractivity contribution is 5.95.